The molecule has 3 nitrogen and oxygen atoms in total. The maximum absolute atomic E-state index is 13.7. The van der Waals surface area contributed by atoms with Crippen LogP contribution in [0.3, 0.4) is 0 Å². The maximum Gasteiger partial charge on any atom is 0.183 e. The summed E-state index contributed by atoms with van der Waals surface area (Å²) in [6.07, 6.45) is 7.98. The van der Waals surface area contributed by atoms with Crippen molar-refractivity contribution in [3.63, 3.8) is 0 Å². The Labute approximate surface area is 170 Å². The van der Waals surface area contributed by atoms with E-state index in [0.29, 0.717) is 13.2 Å². The predicted molar refractivity (Wildman–Crippen MR) is 108 cm³/mol. The van der Waals surface area contributed by atoms with Crippen LogP contribution in [0.5, 0.6) is 5.75 Å². The highest BCUT2D eigenvalue weighted by Crippen LogP contribution is 2.32. The fraction of sp³-hybridized carbons (Fsp3) is 0.458. The Morgan fingerprint density at radius 3 is 2.66 bits per heavy atom. The van der Waals surface area contributed by atoms with Crippen molar-refractivity contribution in [3.8, 4) is 5.75 Å². The molecule has 0 spiro atoms. The van der Waals surface area contributed by atoms with Crippen molar-refractivity contribution < 1.29 is 23.1 Å². The minimum atomic E-state index is -0.798. The molecule has 0 amide bonds. The van der Waals surface area contributed by atoms with Crippen molar-refractivity contribution in [1.29, 1.82) is 0 Å². The van der Waals surface area contributed by atoms with Crippen molar-refractivity contribution in [2.75, 3.05) is 6.54 Å². The molecule has 0 N–H and O–H groups in total. The number of unbranched alkanes of at least 4 members (excludes halogenated alkanes) is 4. The summed E-state index contributed by atoms with van der Waals surface area (Å²) in [5.74, 6) is -0.762. The second-order valence-electron chi connectivity index (χ2n) is 7.99. The van der Waals surface area contributed by atoms with Crippen LogP contribution in [-0.4, -0.2) is 16.8 Å². The van der Waals surface area contributed by atoms with E-state index in [1.54, 1.807) is 6.07 Å². The van der Waals surface area contributed by atoms with E-state index < -0.39 is 11.6 Å². The normalized spacial score (nSPS) is 15.3. The van der Waals surface area contributed by atoms with E-state index in [1.165, 1.54) is 54.7 Å². The lowest BCUT2D eigenvalue weighted by atomic mass is 9.91. The number of nitrogens with zero attached hydrogens (tertiary/aromatic N) is 1. The van der Waals surface area contributed by atoms with Crippen LogP contribution in [0, 0.1) is 11.6 Å². The molecule has 0 saturated carbocycles. The monoisotopic (exact) mass is 400 g/mol. The van der Waals surface area contributed by atoms with Crippen LogP contribution in [0.25, 0.3) is 0 Å². The molecule has 2 aromatic carbocycles. The first-order valence-corrected chi connectivity index (χ1v) is 10.7. The molecule has 154 valence electrons. The van der Waals surface area contributed by atoms with Crippen LogP contribution in [0.1, 0.15) is 67.7 Å². The highest BCUT2D eigenvalue weighted by atomic mass is 19.2. The van der Waals surface area contributed by atoms with E-state index >= 15 is 0 Å². The van der Waals surface area contributed by atoms with Gasteiger partial charge in [-0.2, -0.15) is 4.89 Å². The molecule has 2 aliphatic heterocycles. The molecular weight excluding hydrogens is 372 g/mol. The molecule has 0 fully saturated rings. The molecule has 0 unspecified atom stereocenters. The molecule has 0 aromatic heterocycles. The van der Waals surface area contributed by atoms with Crippen LogP contribution >= 0.6 is 0 Å². The summed E-state index contributed by atoms with van der Waals surface area (Å²) < 4.78 is 29.4. The van der Waals surface area contributed by atoms with E-state index in [9.17, 15) is 8.78 Å². The summed E-state index contributed by atoms with van der Waals surface area (Å²) in [5, 5.41) is 0. The van der Waals surface area contributed by atoms with Gasteiger partial charge in [0.15, 0.2) is 29.6 Å². The first-order valence-electron chi connectivity index (χ1n) is 10.7. The predicted octanol–water partition coefficient (Wildman–Crippen LogP) is 5.71. The van der Waals surface area contributed by atoms with E-state index in [2.05, 4.69) is 23.6 Å². The van der Waals surface area contributed by atoms with Crippen LogP contribution in [0.4, 0.5) is 8.78 Å². The number of rotatable bonds is 8. The highest BCUT2D eigenvalue weighted by molar-refractivity contribution is 5.99. The van der Waals surface area contributed by atoms with Crippen molar-refractivity contribution >= 4 is 5.71 Å². The molecular formula is C24H28F2NO2+. The van der Waals surface area contributed by atoms with Crippen molar-refractivity contribution in [1.82, 2.24) is 0 Å². The Hall–Kier alpha value is -2.27. The van der Waals surface area contributed by atoms with Gasteiger partial charge in [0.1, 0.15) is 13.2 Å². The van der Waals surface area contributed by atoms with Gasteiger partial charge in [-0.25, -0.2) is 13.4 Å². The zero-order valence-electron chi connectivity index (χ0n) is 17.0. The largest absolute Gasteiger partial charge is 0.337 e. The smallest absolute Gasteiger partial charge is 0.183 e. The number of halogens is 2. The molecule has 2 aliphatic rings. The van der Waals surface area contributed by atoms with Crippen LogP contribution in [0.2, 0.25) is 0 Å². The molecule has 29 heavy (non-hydrogen) atoms. The Kier molecular flexibility index (Phi) is 6.24. The average molecular weight is 400 g/mol. The first-order chi connectivity index (χ1) is 14.2. The van der Waals surface area contributed by atoms with Gasteiger partial charge in [-0.1, -0.05) is 32.6 Å². The molecule has 2 heterocycles. The van der Waals surface area contributed by atoms with Gasteiger partial charge >= 0.3 is 0 Å². The van der Waals surface area contributed by atoms with Crippen LogP contribution < -0.4 is 4.89 Å². The van der Waals surface area contributed by atoms with Gasteiger partial charge in [0.2, 0.25) is 0 Å². The molecule has 0 bridgehead atoms. The SMILES string of the molecule is CCCCCCCC1=[N+](Cc2ccc(F)c(F)c2)CCc2cc3c(cc21)COO3. The fourth-order valence-electron chi connectivity index (χ4n) is 4.27. The second-order valence-corrected chi connectivity index (χ2v) is 7.99. The molecule has 0 aliphatic carbocycles. The number of benzene rings is 2. The zero-order chi connectivity index (χ0) is 20.2. The fourth-order valence-corrected chi connectivity index (χ4v) is 4.27. The molecule has 0 atom stereocenters. The molecule has 0 radical (unpaired) electrons. The van der Waals surface area contributed by atoms with Crippen molar-refractivity contribution in [2.24, 2.45) is 0 Å². The second kappa shape index (κ2) is 9.04. The topological polar surface area (TPSA) is 21.5 Å². The lowest BCUT2D eigenvalue weighted by Crippen LogP contribution is -2.30. The van der Waals surface area contributed by atoms with E-state index in [0.717, 1.165) is 42.7 Å². The lowest BCUT2D eigenvalue weighted by molar-refractivity contribution is -0.545. The zero-order valence-corrected chi connectivity index (χ0v) is 17.0. The first kappa shape index (κ1) is 20.0. The van der Waals surface area contributed by atoms with E-state index in [1.807, 2.05) is 0 Å². The Morgan fingerprint density at radius 1 is 0.966 bits per heavy atom. The quantitative estimate of drug-likeness (QED) is 0.322. The molecule has 4 rings (SSSR count). The molecule has 5 heteroatoms. The molecule has 0 saturated heterocycles. The minimum absolute atomic E-state index is 0.468. The average Bonchev–Trinajstić information content (AvgIpc) is 3.17. The van der Waals surface area contributed by atoms with Crippen LogP contribution in [0.15, 0.2) is 30.3 Å². The summed E-state index contributed by atoms with van der Waals surface area (Å²) in [7, 11) is 0. The van der Waals surface area contributed by atoms with Gasteiger partial charge in [0.25, 0.3) is 0 Å². The van der Waals surface area contributed by atoms with Crippen molar-refractivity contribution in [3.05, 3.63) is 64.2 Å². The van der Waals surface area contributed by atoms with Gasteiger partial charge in [0, 0.05) is 29.5 Å². The standard InChI is InChI=1S/C24H28F2NO2/c1-2-3-4-5-6-7-23-20-13-19-16-28-29-24(19)14-18(20)10-11-27(23)15-17-8-9-21(25)22(26)12-17/h8-9,12-14H,2-7,10-11,15-16H2,1H3/q+1. The summed E-state index contributed by atoms with van der Waals surface area (Å²) in [6, 6.07) is 8.50. The maximum atomic E-state index is 13.7. The van der Waals surface area contributed by atoms with E-state index in [-0.39, 0.29) is 0 Å². The van der Waals surface area contributed by atoms with Gasteiger partial charge in [-0.15, -0.1) is 0 Å². The third kappa shape index (κ3) is 4.50. The Bertz CT molecular complexity index is 923. The minimum Gasteiger partial charge on any atom is -0.337 e. The third-order valence-corrected chi connectivity index (χ3v) is 5.87. The van der Waals surface area contributed by atoms with Gasteiger partial charge in [-0.3, -0.25) is 0 Å². The Morgan fingerprint density at radius 2 is 1.83 bits per heavy atom. The van der Waals surface area contributed by atoms with Gasteiger partial charge in [0.05, 0.1) is 0 Å². The highest BCUT2D eigenvalue weighted by Gasteiger charge is 2.29. The van der Waals surface area contributed by atoms with Gasteiger partial charge in [-0.05, 0) is 42.3 Å². The lowest BCUT2D eigenvalue weighted by Gasteiger charge is -2.20. The summed E-state index contributed by atoms with van der Waals surface area (Å²) in [5.41, 5.74) is 5.69. The van der Waals surface area contributed by atoms with Crippen molar-refractivity contribution in [2.45, 2.75) is 65.0 Å². The van der Waals surface area contributed by atoms with Crippen LogP contribution in [-0.2, 0) is 24.5 Å². The van der Waals surface area contributed by atoms with Gasteiger partial charge < -0.3 is 4.89 Å². The number of hydrogen-bond acceptors (Lipinski definition) is 2. The summed E-state index contributed by atoms with van der Waals surface area (Å²) in [4.78, 5) is 10.4. The summed E-state index contributed by atoms with van der Waals surface area (Å²) in [6.45, 7) is 4.14. The summed E-state index contributed by atoms with van der Waals surface area (Å²) >= 11 is 0. The number of hydrogen-bond donors (Lipinski definition) is 0. The van der Waals surface area contributed by atoms with E-state index in [4.69, 9.17) is 9.78 Å². The Balaban J connectivity index is 1.63. The third-order valence-electron chi connectivity index (χ3n) is 5.87. The number of fused-ring (bicyclic) bond motifs is 2. The molecule has 2 aromatic rings.